The van der Waals surface area contributed by atoms with Crippen molar-refractivity contribution in [3.05, 3.63) is 0 Å². The summed E-state index contributed by atoms with van der Waals surface area (Å²) in [5.74, 6) is 7.38. The molecule has 2 unspecified atom stereocenters. The Morgan fingerprint density at radius 1 is 1.19 bits per heavy atom. The lowest BCUT2D eigenvalue weighted by Crippen LogP contribution is -2.40. The Kier molecular flexibility index (Phi) is 7.06. The zero-order valence-corrected chi connectivity index (χ0v) is 11.2. The van der Waals surface area contributed by atoms with Crippen LogP contribution >= 0.6 is 0 Å². The van der Waals surface area contributed by atoms with Gasteiger partial charge in [0, 0.05) is 6.04 Å². The van der Waals surface area contributed by atoms with Gasteiger partial charge in [-0.25, -0.2) is 0 Å². The Bertz CT molecular complexity index is 164. The Labute approximate surface area is 101 Å². The lowest BCUT2D eigenvalue weighted by molar-refractivity contribution is 0.278. The molecule has 1 saturated carbocycles. The molecule has 0 aromatic rings. The number of nitrogens with one attached hydrogen (secondary N) is 1. The zero-order valence-electron chi connectivity index (χ0n) is 11.2. The fraction of sp³-hybridized carbons (Fsp3) is 1.00. The van der Waals surface area contributed by atoms with E-state index in [0.717, 1.165) is 11.8 Å². The second-order valence-corrected chi connectivity index (χ2v) is 5.62. The minimum atomic E-state index is 0.530. The summed E-state index contributed by atoms with van der Waals surface area (Å²) < 4.78 is 0. The molecular weight excluding hydrogens is 196 g/mol. The highest BCUT2D eigenvalue weighted by Gasteiger charge is 2.18. The molecule has 0 amide bonds. The first-order chi connectivity index (χ1) is 7.77. The van der Waals surface area contributed by atoms with Crippen LogP contribution in [-0.4, -0.2) is 6.04 Å². The quantitative estimate of drug-likeness (QED) is 0.514. The summed E-state index contributed by atoms with van der Waals surface area (Å²) >= 11 is 0. The number of hydrogen-bond donors (Lipinski definition) is 2. The Morgan fingerprint density at radius 2 is 1.88 bits per heavy atom. The second kappa shape index (κ2) is 8.08. The first kappa shape index (κ1) is 14.0. The fourth-order valence-corrected chi connectivity index (χ4v) is 3.08. The minimum Gasteiger partial charge on any atom is -0.271 e. The van der Waals surface area contributed by atoms with Gasteiger partial charge < -0.3 is 0 Å². The maximum absolute atomic E-state index is 5.67. The molecule has 1 aliphatic carbocycles. The van der Waals surface area contributed by atoms with Gasteiger partial charge in [0.15, 0.2) is 0 Å². The Hall–Kier alpha value is -0.0800. The van der Waals surface area contributed by atoms with Crippen LogP contribution in [0.1, 0.15) is 71.6 Å². The number of hydrazine groups is 1. The third-order valence-corrected chi connectivity index (χ3v) is 4.26. The van der Waals surface area contributed by atoms with Crippen molar-refractivity contribution in [1.29, 1.82) is 0 Å². The van der Waals surface area contributed by atoms with Gasteiger partial charge in [-0.05, 0) is 31.1 Å². The van der Waals surface area contributed by atoms with Crippen LogP contribution in [0.15, 0.2) is 0 Å². The molecule has 0 aromatic heterocycles. The van der Waals surface area contributed by atoms with E-state index in [1.54, 1.807) is 0 Å². The van der Waals surface area contributed by atoms with E-state index in [0.29, 0.717) is 6.04 Å². The highest BCUT2D eigenvalue weighted by Crippen LogP contribution is 2.28. The molecule has 0 saturated heterocycles. The van der Waals surface area contributed by atoms with E-state index in [9.17, 15) is 0 Å². The lowest BCUT2D eigenvalue weighted by atomic mass is 9.83. The Balaban J connectivity index is 2.21. The van der Waals surface area contributed by atoms with Crippen molar-refractivity contribution in [2.75, 3.05) is 0 Å². The van der Waals surface area contributed by atoms with Gasteiger partial charge in [-0.1, -0.05) is 52.4 Å². The van der Waals surface area contributed by atoms with E-state index in [1.807, 2.05) is 0 Å². The first-order valence-corrected chi connectivity index (χ1v) is 7.24. The zero-order chi connectivity index (χ0) is 11.8. The minimum absolute atomic E-state index is 0.530. The molecule has 2 atom stereocenters. The molecule has 96 valence electrons. The molecule has 0 spiro atoms. The van der Waals surface area contributed by atoms with E-state index in [-0.39, 0.29) is 0 Å². The largest absolute Gasteiger partial charge is 0.271 e. The lowest BCUT2D eigenvalue weighted by Gasteiger charge is -2.27. The van der Waals surface area contributed by atoms with Gasteiger partial charge in [-0.3, -0.25) is 11.3 Å². The molecule has 2 heteroatoms. The van der Waals surface area contributed by atoms with Gasteiger partial charge in [0.2, 0.25) is 0 Å². The number of nitrogens with two attached hydrogens (primary N) is 1. The summed E-state index contributed by atoms with van der Waals surface area (Å²) in [5, 5.41) is 0. The number of hydrogen-bond acceptors (Lipinski definition) is 2. The standard InChI is InChI=1S/C14H30N2/c1-3-7-12(2)14(16-15)11-10-13-8-5-4-6-9-13/h12-14,16H,3-11,15H2,1-2H3. The highest BCUT2D eigenvalue weighted by atomic mass is 15.2. The van der Waals surface area contributed by atoms with Crippen molar-refractivity contribution in [3.8, 4) is 0 Å². The highest BCUT2D eigenvalue weighted by molar-refractivity contribution is 4.74. The van der Waals surface area contributed by atoms with Gasteiger partial charge in [0.05, 0.1) is 0 Å². The molecule has 16 heavy (non-hydrogen) atoms. The van der Waals surface area contributed by atoms with E-state index in [4.69, 9.17) is 5.84 Å². The fourth-order valence-electron chi connectivity index (χ4n) is 3.08. The van der Waals surface area contributed by atoms with Crippen molar-refractivity contribution >= 4 is 0 Å². The molecule has 2 nitrogen and oxygen atoms in total. The van der Waals surface area contributed by atoms with Crippen LogP contribution in [0.5, 0.6) is 0 Å². The van der Waals surface area contributed by atoms with E-state index in [2.05, 4.69) is 19.3 Å². The molecule has 1 aliphatic rings. The smallest absolute Gasteiger partial charge is 0.0236 e. The van der Waals surface area contributed by atoms with E-state index in [1.165, 1.54) is 57.8 Å². The normalized spacial score (nSPS) is 21.9. The summed E-state index contributed by atoms with van der Waals surface area (Å²) in [4.78, 5) is 0. The topological polar surface area (TPSA) is 38.0 Å². The van der Waals surface area contributed by atoms with Gasteiger partial charge in [0.25, 0.3) is 0 Å². The van der Waals surface area contributed by atoms with Crippen LogP contribution in [0.2, 0.25) is 0 Å². The van der Waals surface area contributed by atoms with Crippen molar-refractivity contribution in [2.24, 2.45) is 17.7 Å². The van der Waals surface area contributed by atoms with Crippen LogP contribution in [0.4, 0.5) is 0 Å². The molecule has 0 aromatic carbocycles. The van der Waals surface area contributed by atoms with Gasteiger partial charge in [0.1, 0.15) is 0 Å². The molecule has 0 aliphatic heterocycles. The van der Waals surface area contributed by atoms with Gasteiger partial charge in [-0.15, -0.1) is 0 Å². The molecule has 1 rings (SSSR count). The van der Waals surface area contributed by atoms with Gasteiger partial charge in [-0.2, -0.15) is 0 Å². The molecule has 0 bridgehead atoms. The van der Waals surface area contributed by atoms with Crippen LogP contribution in [-0.2, 0) is 0 Å². The summed E-state index contributed by atoms with van der Waals surface area (Å²) in [5.41, 5.74) is 3.03. The predicted molar refractivity (Wildman–Crippen MR) is 71.0 cm³/mol. The molecule has 1 fully saturated rings. The maximum Gasteiger partial charge on any atom is 0.0236 e. The first-order valence-electron chi connectivity index (χ1n) is 7.24. The molecule has 3 N–H and O–H groups in total. The predicted octanol–water partition coefficient (Wildman–Crippen LogP) is 3.62. The number of rotatable bonds is 7. The summed E-state index contributed by atoms with van der Waals surface area (Å²) in [6, 6.07) is 0.530. The third kappa shape index (κ3) is 4.84. The van der Waals surface area contributed by atoms with Crippen LogP contribution in [0.25, 0.3) is 0 Å². The van der Waals surface area contributed by atoms with Crippen molar-refractivity contribution < 1.29 is 0 Å². The molecular formula is C14H30N2. The SMILES string of the molecule is CCCC(C)C(CCC1CCCCC1)NN. The van der Waals surface area contributed by atoms with Crippen molar-refractivity contribution in [3.63, 3.8) is 0 Å². The van der Waals surface area contributed by atoms with Crippen LogP contribution in [0, 0.1) is 11.8 Å². The van der Waals surface area contributed by atoms with Crippen molar-refractivity contribution in [1.82, 2.24) is 5.43 Å². The monoisotopic (exact) mass is 226 g/mol. The third-order valence-electron chi connectivity index (χ3n) is 4.26. The Morgan fingerprint density at radius 3 is 2.44 bits per heavy atom. The van der Waals surface area contributed by atoms with E-state index < -0.39 is 0 Å². The molecule has 0 heterocycles. The summed E-state index contributed by atoms with van der Waals surface area (Å²) in [6.45, 7) is 4.58. The second-order valence-electron chi connectivity index (χ2n) is 5.62. The van der Waals surface area contributed by atoms with Gasteiger partial charge >= 0.3 is 0 Å². The van der Waals surface area contributed by atoms with Crippen LogP contribution < -0.4 is 11.3 Å². The van der Waals surface area contributed by atoms with E-state index >= 15 is 0 Å². The summed E-state index contributed by atoms with van der Waals surface area (Å²) in [7, 11) is 0. The van der Waals surface area contributed by atoms with Crippen LogP contribution in [0.3, 0.4) is 0 Å². The summed E-state index contributed by atoms with van der Waals surface area (Å²) in [6.07, 6.45) is 12.5. The average Bonchev–Trinajstić information content (AvgIpc) is 2.31. The average molecular weight is 226 g/mol. The maximum atomic E-state index is 5.67. The van der Waals surface area contributed by atoms with Crippen molar-refractivity contribution in [2.45, 2.75) is 77.7 Å². The molecule has 0 radical (unpaired) electrons.